The van der Waals surface area contributed by atoms with E-state index in [4.69, 9.17) is 10.2 Å². The van der Waals surface area contributed by atoms with E-state index in [1.165, 1.54) is 19.4 Å². The zero-order valence-electron chi connectivity index (χ0n) is 12.6. The summed E-state index contributed by atoms with van der Waals surface area (Å²) in [6.07, 6.45) is 2.50. The number of aromatic nitrogens is 1. The highest BCUT2D eigenvalue weighted by molar-refractivity contribution is 5.77. The van der Waals surface area contributed by atoms with Crippen molar-refractivity contribution in [2.75, 3.05) is 19.6 Å². The Hall–Kier alpha value is -1.56. The van der Waals surface area contributed by atoms with Gasteiger partial charge in [-0.1, -0.05) is 6.92 Å². The van der Waals surface area contributed by atoms with E-state index in [1.54, 1.807) is 0 Å². The van der Waals surface area contributed by atoms with Gasteiger partial charge < -0.3 is 15.5 Å². The summed E-state index contributed by atoms with van der Waals surface area (Å²) in [5.41, 5.74) is 6.79. The van der Waals surface area contributed by atoms with E-state index in [0.29, 0.717) is 24.4 Å². The predicted molar refractivity (Wildman–Crippen MR) is 79.6 cm³/mol. The third-order valence-corrected chi connectivity index (χ3v) is 3.88. The zero-order valence-corrected chi connectivity index (χ0v) is 12.6. The Bertz CT molecular complexity index is 449. The molecule has 1 unspecified atom stereocenters. The lowest BCUT2D eigenvalue weighted by Crippen LogP contribution is -2.42. The highest BCUT2D eigenvalue weighted by Crippen LogP contribution is 2.15. The summed E-state index contributed by atoms with van der Waals surface area (Å²) in [7, 11) is 0. The van der Waals surface area contributed by atoms with Crippen molar-refractivity contribution < 1.29 is 4.42 Å². The lowest BCUT2D eigenvalue weighted by molar-refractivity contribution is 0.267. The monoisotopic (exact) mass is 279 g/mol. The number of aryl methyl sites for hydroxylation is 2. The topological polar surface area (TPSA) is 79.7 Å². The van der Waals surface area contributed by atoms with E-state index in [0.717, 1.165) is 24.5 Å². The molecule has 0 radical (unpaired) electrons. The van der Waals surface area contributed by atoms with Crippen LogP contribution in [0.3, 0.4) is 0 Å². The van der Waals surface area contributed by atoms with Crippen LogP contribution in [0.25, 0.3) is 0 Å². The van der Waals surface area contributed by atoms with E-state index < -0.39 is 0 Å². The van der Waals surface area contributed by atoms with Gasteiger partial charge in [0, 0.05) is 12.6 Å². The van der Waals surface area contributed by atoms with Crippen LogP contribution in [-0.4, -0.2) is 41.5 Å². The van der Waals surface area contributed by atoms with Gasteiger partial charge in [0.2, 0.25) is 5.89 Å². The van der Waals surface area contributed by atoms with Crippen molar-refractivity contribution in [1.29, 1.82) is 0 Å². The highest BCUT2D eigenvalue weighted by atomic mass is 16.4. The summed E-state index contributed by atoms with van der Waals surface area (Å²) in [5, 5.41) is 3.20. The molecule has 1 aliphatic rings. The Morgan fingerprint density at radius 3 is 3.00 bits per heavy atom. The van der Waals surface area contributed by atoms with Crippen molar-refractivity contribution in [3.63, 3.8) is 0 Å². The molecule has 0 aliphatic carbocycles. The lowest BCUT2D eigenvalue weighted by Gasteiger charge is -2.23. The minimum absolute atomic E-state index is 0.385. The maximum Gasteiger partial charge on any atom is 0.216 e. The van der Waals surface area contributed by atoms with Crippen LogP contribution in [0, 0.1) is 13.8 Å². The normalized spacial score (nSPS) is 20.6. The molecule has 112 valence electrons. The van der Waals surface area contributed by atoms with Gasteiger partial charge in [-0.2, -0.15) is 0 Å². The van der Waals surface area contributed by atoms with Crippen LogP contribution < -0.4 is 11.1 Å². The summed E-state index contributed by atoms with van der Waals surface area (Å²) in [6, 6.07) is 0.569. The first-order valence-electron chi connectivity index (χ1n) is 7.31. The SMILES string of the molecule is CCN1CCCC1CNC(N)=NCc1nc(C)c(C)o1. The van der Waals surface area contributed by atoms with Crippen molar-refractivity contribution in [2.45, 2.75) is 46.2 Å². The molecule has 20 heavy (non-hydrogen) atoms. The third kappa shape index (κ3) is 3.72. The first kappa shape index (κ1) is 14.8. The predicted octanol–water partition coefficient (Wildman–Crippen LogP) is 1.18. The van der Waals surface area contributed by atoms with Crippen LogP contribution in [0.1, 0.15) is 37.1 Å². The molecule has 0 spiro atoms. The molecule has 1 aliphatic heterocycles. The standard InChI is InChI=1S/C14H25N5O/c1-4-19-7-5-6-12(19)8-16-14(15)17-9-13-18-10(2)11(3)20-13/h12H,4-9H2,1-3H3,(H3,15,16,17). The summed E-state index contributed by atoms with van der Waals surface area (Å²) in [5.74, 6) is 1.91. The summed E-state index contributed by atoms with van der Waals surface area (Å²) >= 11 is 0. The van der Waals surface area contributed by atoms with E-state index in [9.17, 15) is 0 Å². The first-order chi connectivity index (χ1) is 9.60. The molecule has 3 N–H and O–H groups in total. The van der Waals surface area contributed by atoms with E-state index in [2.05, 4.69) is 27.1 Å². The molecule has 1 aromatic heterocycles. The van der Waals surface area contributed by atoms with Crippen LogP contribution in [-0.2, 0) is 6.54 Å². The number of likely N-dealkylation sites (N-methyl/N-ethyl adjacent to an activating group) is 1. The third-order valence-electron chi connectivity index (χ3n) is 3.88. The van der Waals surface area contributed by atoms with Gasteiger partial charge in [-0.15, -0.1) is 0 Å². The molecule has 0 amide bonds. The second-order valence-electron chi connectivity index (χ2n) is 5.26. The van der Waals surface area contributed by atoms with Crippen LogP contribution in [0.4, 0.5) is 0 Å². The number of nitrogens with one attached hydrogen (secondary N) is 1. The molecule has 1 atom stereocenters. The smallest absolute Gasteiger partial charge is 0.216 e. The zero-order chi connectivity index (χ0) is 14.5. The maximum absolute atomic E-state index is 5.88. The van der Waals surface area contributed by atoms with Crippen molar-refractivity contribution in [3.8, 4) is 0 Å². The lowest BCUT2D eigenvalue weighted by atomic mass is 10.2. The Labute approximate surface area is 120 Å². The first-order valence-corrected chi connectivity index (χ1v) is 7.31. The summed E-state index contributed by atoms with van der Waals surface area (Å²) in [4.78, 5) is 11.0. The number of guanidine groups is 1. The number of nitrogens with two attached hydrogens (primary N) is 1. The van der Waals surface area contributed by atoms with Crippen molar-refractivity contribution in [2.24, 2.45) is 10.7 Å². The Morgan fingerprint density at radius 1 is 1.55 bits per heavy atom. The fourth-order valence-corrected chi connectivity index (χ4v) is 2.58. The van der Waals surface area contributed by atoms with Gasteiger partial charge in [-0.3, -0.25) is 4.90 Å². The number of likely N-dealkylation sites (tertiary alicyclic amines) is 1. The number of rotatable bonds is 5. The van der Waals surface area contributed by atoms with Crippen LogP contribution >= 0.6 is 0 Å². The van der Waals surface area contributed by atoms with Gasteiger partial charge in [-0.25, -0.2) is 9.98 Å². The molecule has 6 heteroatoms. The molecule has 6 nitrogen and oxygen atoms in total. The molecular weight excluding hydrogens is 254 g/mol. The molecule has 1 aromatic rings. The number of hydrogen-bond donors (Lipinski definition) is 2. The number of aliphatic imine (C=N–C) groups is 1. The Morgan fingerprint density at radius 2 is 2.35 bits per heavy atom. The van der Waals surface area contributed by atoms with Crippen LogP contribution in [0.2, 0.25) is 0 Å². The van der Waals surface area contributed by atoms with Gasteiger partial charge >= 0.3 is 0 Å². The fraction of sp³-hybridized carbons (Fsp3) is 0.714. The molecule has 1 fully saturated rings. The quantitative estimate of drug-likeness (QED) is 0.625. The molecule has 0 aromatic carbocycles. The van der Waals surface area contributed by atoms with E-state index in [-0.39, 0.29) is 0 Å². The summed E-state index contributed by atoms with van der Waals surface area (Å²) in [6.45, 7) is 9.54. The number of nitrogens with zero attached hydrogens (tertiary/aromatic N) is 3. The van der Waals surface area contributed by atoms with Gasteiger partial charge in [0.05, 0.1) is 5.69 Å². The maximum atomic E-state index is 5.88. The van der Waals surface area contributed by atoms with Gasteiger partial charge in [0.15, 0.2) is 5.96 Å². The minimum Gasteiger partial charge on any atom is -0.444 e. The molecular formula is C14H25N5O. The average molecular weight is 279 g/mol. The van der Waals surface area contributed by atoms with Crippen molar-refractivity contribution in [1.82, 2.24) is 15.2 Å². The van der Waals surface area contributed by atoms with Crippen LogP contribution in [0.5, 0.6) is 0 Å². The number of hydrogen-bond acceptors (Lipinski definition) is 4. The highest BCUT2D eigenvalue weighted by Gasteiger charge is 2.22. The fourth-order valence-electron chi connectivity index (χ4n) is 2.58. The molecule has 1 saturated heterocycles. The Kier molecular flexibility index (Phi) is 5.00. The second-order valence-corrected chi connectivity index (χ2v) is 5.26. The minimum atomic E-state index is 0.385. The van der Waals surface area contributed by atoms with Gasteiger partial charge in [0.25, 0.3) is 0 Å². The van der Waals surface area contributed by atoms with Crippen molar-refractivity contribution in [3.05, 3.63) is 17.3 Å². The van der Waals surface area contributed by atoms with Crippen LogP contribution in [0.15, 0.2) is 9.41 Å². The summed E-state index contributed by atoms with van der Waals surface area (Å²) < 4.78 is 5.47. The second kappa shape index (κ2) is 6.74. The van der Waals surface area contributed by atoms with Gasteiger partial charge in [0.1, 0.15) is 12.3 Å². The van der Waals surface area contributed by atoms with Crippen molar-refractivity contribution >= 4 is 5.96 Å². The van der Waals surface area contributed by atoms with E-state index >= 15 is 0 Å². The van der Waals surface area contributed by atoms with E-state index in [1.807, 2.05) is 13.8 Å². The molecule has 2 heterocycles. The molecule has 2 rings (SSSR count). The molecule has 0 saturated carbocycles. The number of oxazole rings is 1. The average Bonchev–Trinajstić information content (AvgIpc) is 3.01. The molecule has 0 bridgehead atoms. The van der Waals surface area contributed by atoms with Gasteiger partial charge in [-0.05, 0) is 39.8 Å². The Balaban J connectivity index is 1.79. The largest absolute Gasteiger partial charge is 0.444 e.